The predicted molar refractivity (Wildman–Crippen MR) is 76.7 cm³/mol. The summed E-state index contributed by atoms with van der Waals surface area (Å²) in [5, 5.41) is 4.00. The molecule has 1 rings (SSSR count). The van der Waals surface area contributed by atoms with Gasteiger partial charge in [0.05, 0.1) is 6.54 Å². The van der Waals surface area contributed by atoms with Crippen LogP contribution in [0.4, 0.5) is 0 Å². The van der Waals surface area contributed by atoms with Crippen molar-refractivity contribution >= 4 is 0 Å². The van der Waals surface area contributed by atoms with E-state index in [2.05, 4.69) is 42.7 Å². The highest BCUT2D eigenvalue weighted by Gasteiger charge is 2.21. The van der Waals surface area contributed by atoms with Crippen LogP contribution in [0.15, 0.2) is 4.52 Å². The van der Waals surface area contributed by atoms with Gasteiger partial charge in [0.2, 0.25) is 5.89 Å². The number of aromatic nitrogens is 2. The molecule has 0 spiro atoms. The molecule has 19 heavy (non-hydrogen) atoms. The lowest BCUT2D eigenvalue weighted by Gasteiger charge is -2.30. The highest BCUT2D eigenvalue weighted by Crippen LogP contribution is 2.17. The summed E-state index contributed by atoms with van der Waals surface area (Å²) in [6.45, 7) is 12.0. The molecule has 1 aromatic rings. The van der Waals surface area contributed by atoms with Gasteiger partial charge >= 0.3 is 0 Å². The molecule has 2 N–H and O–H groups in total. The van der Waals surface area contributed by atoms with Crippen molar-refractivity contribution in [2.45, 2.75) is 53.5 Å². The van der Waals surface area contributed by atoms with Gasteiger partial charge in [-0.1, -0.05) is 32.9 Å². The van der Waals surface area contributed by atoms with E-state index in [4.69, 9.17) is 10.3 Å². The van der Waals surface area contributed by atoms with Crippen LogP contribution in [-0.4, -0.2) is 34.7 Å². The summed E-state index contributed by atoms with van der Waals surface area (Å²) in [7, 11) is 0. The third-order valence-corrected chi connectivity index (χ3v) is 3.09. The topological polar surface area (TPSA) is 68.2 Å². The summed E-state index contributed by atoms with van der Waals surface area (Å²) in [5.74, 6) is 1.52. The molecule has 0 saturated heterocycles. The first-order chi connectivity index (χ1) is 9.00. The molecule has 0 radical (unpaired) electrons. The van der Waals surface area contributed by atoms with Gasteiger partial charge in [-0.25, -0.2) is 0 Å². The van der Waals surface area contributed by atoms with E-state index in [1.807, 2.05) is 0 Å². The highest BCUT2D eigenvalue weighted by molar-refractivity contribution is 4.87. The van der Waals surface area contributed by atoms with Crippen molar-refractivity contribution in [2.24, 2.45) is 11.1 Å². The maximum absolute atomic E-state index is 5.81. The zero-order valence-electron chi connectivity index (χ0n) is 12.8. The summed E-state index contributed by atoms with van der Waals surface area (Å²) in [4.78, 5) is 6.77. The lowest BCUT2D eigenvalue weighted by Crippen LogP contribution is -2.38. The maximum atomic E-state index is 5.81. The van der Waals surface area contributed by atoms with Crippen LogP contribution in [0.25, 0.3) is 0 Å². The number of aryl methyl sites for hydroxylation is 1. The Labute approximate surface area is 116 Å². The molecule has 0 aromatic carbocycles. The van der Waals surface area contributed by atoms with Gasteiger partial charge in [0.25, 0.3) is 0 Å². The van der Waals surface area contributed by atoms with Crippen molar-refractivity contribution < 1.29 is 4.52 Å². The van der Waals surface area contributed by atoms with Crippen molar-refractivity contribution in [3.63, 3.8) is 0 Å². The van der Waals surface area contributed by atoms with Crippen molar-refractivity contribution in [3.05, 3.63) is 11.7 Å². The van der Waals surface area contributed by atoms with E-state index >= 15 is 0 Å². The molecule has 0 amide bonds. The Hall–Kier alpha value is -0.940. The molecule has 0 saturated carbocycles. The molecule has 1 aromatic heterocycles. The largest absolute Gasteiger partial charge is 0.338 e. The number of hydrogen-bond acceptors (Lipinski definition) is 5. The quantitative estimate of drug-likeness (QED) is 0.743. The second-order valence-electron chi connectivity index (χ2n) is 5.93. The average Bonchev–Trinajstić information content (AvgIpc) is 2.77. The Balaban J connectivity index is 2.61. The number of rotatable bonds is 9. The fourth-order valence-electron chi connectivity index (χ4n) is 2.07. The molecule has 0 aliphatic carbocycles. The van der Waals surface area contributed by atoms with Crippen LogP contribution in [0.2, 0.25) is 0 Å². The summed E-state index contributed by atoms with van der Waals surface area (Å²) in [6.07, 6.45) is 3.03. The Morgan fingerprint density at radius 1 is 1.26 bits per heavy atom. The third kappa shape index (κ3) is 5.70. The second-order valence-corrected chi connectivity index (χ2v) is 5.93. The van der Waals surface area contributed by atoms with Gasteiger partial charge in [-0.3, -0.25) is 4.90 Å². The average molecular weight is 268 g/mol. The molecular formula is C14H28N4O. The van der Waals surface area contributed by atoms with Gasteiger partial charge < -0.3 is 10.3 Å². The molecule has 0 bridgehead atoms. The minimum absolute atomic E-state index is 0.113. The zero-order chi connectivity index (χ0) is 14.3. The van der Waals surface area contributed by atoms with E-state index in [9.17, 15) is 0 Å². The van der Waals surface area contributed by atoms with Crippen molar-refractivity contribution in [1.82, 2.24) is 15.0 Å². The molecule has 5 heteroatoms. The van der Waals surface area contributed by atoms with Crippen LogP contribution in [-0.2, 0) is 13.0 Å². The lowest BCUT2D eigenvalue weighted by atomic mass is 9.93. The summed E-state index contributed by atoms with van der Waals surface area (Å²) < 4.78 is 5.31. The van der Waals surface area contributed by atoms with E-state index in [1.54, 1.807) is 0 Å². The van der Waals surface area contributed by atoms with E-state index in [0.717, 1.165) is 38.2 Å². The molecule has 0 aliphatic heterocycles. The molecule has 110 valence electrons. The molecule has 1 heterocycles. The number of nitrogens with two attached hydrogens (primary N) is 1. The Kier molecular flexibility index (Phi) is 6.45. The normalized spacial score (nSPS) is 12.3. The molecule has 0 aliphatic rings. The van der Waals surface area contributed by atoms with Crippen LogP contribution in [0.1, 0.15) is 52.3 Å². The Bertz CT molecular complexity index is 362. The van der Waals surface area contributed by atoms with Crippen LogP contribution in [0, 0.1) is 5.41 Å². The van der Waals surface area contributed by atoms with Gasteiger partial charge in [-0.2, -0.15) is 4.98 Å². The van der Waals surface area contributed by atoms with Crippen LogP contribution < -0.4 is 5.73 Å². The molecule has 0 atom stereocenters. The first kappa shape index (κ1) is 16.1. The number of hydrogen-bond donors (Lipinski definition) is 1. The standard InChI is InChI=1S/C14H28N4O/c1-5-7-12-16-13(19-17-12)9-18(8-6-2)11-14(3,4)10-15/h5-11,15H2,1-4H3. The smallest absolute Gasteiger partial charge is 0.240 e. The summed E-state index contributed by atoms with van der Waals surface area (Å²) in [6, 6.07) is 0. The molecule has 5 nitrogen and oxygen atoms in total. The van der Waals surface area contributed by atoms with Gasteiger partial charge in [-0.15, -0.1) is 0 Å². The fourth-order valence-corrected chi connectivity index (χ4v) is 2.07. The fraction of sp³-hybridized carbons (Fsp3) is 0.857. The van der Waals surface area contributed by atoms with E-state index in [1.165, 1.54) is 0 Å². The first-order valence-corrected chi connectivity index (χ1v) is 7.24. The molecule has 0 unspecified atom stereocenters. The highest BCUT2D eigenvalue weighted by atomic mass is 16.5. The van der Waals surface area contributed by atoms with E-state index in [0.29, 0.717) is 19.0 Å². The van der Waals surface area contributed by atoms with Gasteiger partial charge in [0, 0.05) is 13.0 Å². The first-order valence-electron chi connectivity index (χ1n) is 7.24. The minimum Gasteiger partial charge on any atom is -0.338 e. The maximum Gasteiger partial charge on any atom is 0.240 e. The van der Waals surface area contributed by atoms with Gasteiger partial charge in [0.15, 0.2) is 5.82 Å². The monoisotopic (exact) mass is 268 g/mol. The second kappa shape index (κ2) is 7.60. The Morgan fingerprint density at radius 2 is 2.00 bits per heavy atom. The lowest BCUT2D eigenvalue weighted by molar-refractivity contribution is 0.158. The third-order valence-electron chi connectivity index (χ3n) is 3.09. The zero-order valence-corrected chi connectivity index (χ0v) is 12.8. The minimum atomic E-state index is 0.113. The summed E-state index contributed by atoms with van der Waals surface area (Å²) in [5.41, 5.74) is 5.92. The molecule has 0 fully saturated rings. The van der Waals surface area contributed by atoms with E-state index < -0.39 is 0 Å². The number of nitrogens with zero attached hydrogens (tertiary/aromatic N) is 3. The van der Waals surface area contributed by atoms with Crippen LogP contribution in [0.3, 0.4) is 0 Å². The van der Waals surface area contributed by atoms with Crippen molar-refractivity contribution in [1.29, 1.82) is 0 Å². The summed E-state index contributed by atoms with van der Waals surface area (Å²) >= 11 is 0. The predicted octanol–water partition coefficient (Wildman–Crippen LogP) is 2.22. The van der Waals surface area contributed by atoms with E-state index in [-0.39, 0.29) is 5.41 Å². The van der Waals surface area contributed by atoms with Gasteiger partial charge in [-0.05, 0) is 31.3 Å². The molecular weight excluding hydrogens is 240 g/mol. The van der Waals surface area contributed by atoms with Crippen LogP contribution in [0.5, 0.6) is 0 Å². The van der Waals surface area contributed by atoms with Gasteiger partial charge in [0.1, 0.15) is 0 Å². The SMILES string of the molecule is CCCc1noc(CN(CCC)CC(C)(C)CN)n1. The van der Waals surface area contributed by atoms with Crippen molar-refractivity contribution in [2.75, 3.05) is 19.6 Å². The van der Waals surface area contributed by atoms with Crippen LogP contribution >= 0.6 is 0 Å². The Morgan fingerprint density at radius 3 is 2.58 bits per heavy atom. The van der Waals surface area contributed by atoms with Crippen molar-refractivity contribution in [3.8, 4) is 0 Å².